The topological polar surface area (TPSA) is 24.5 Å². The summed E-state index contributed by atoms with van der Waals surface area (Å²) in [6, 6.07) is 11.2. The second-order valence-electron chi connectivity index (χ2n) is 6.32. The predicted molar refractivity (Wildman–Crippen MR) is 80.9 cm³/mol. The Balaban J connectivity index is 1.78. The van der Waals surface area contributed by atoms with Crippen molar-refractivity contribution in [1.29, 1.82) is 0 Å². The first-order valence-electron chi connectivity index (χ1n) is 7.96. The molecule has 110 valence electrons. The Labute approximate surface area is 122 Å². The van der Waals surface area contributed by atoms with Crippen molar-refractivity contribution in [2.45, 2.75) is 70.4 Å². The SMILES string of the molecule is CCC1(C)NN(Cc2ccccc2)[C@@H]2CCCC[C@H]2O1. The van der Waals surface area contributed by atoms with Gasteiger partial charge in [0.15, 0.2) is 0 Å². The van der Waals surface area contributed by atoms with Crippen LogP contribution in [0, 0.1) is 0 Å². The largest absolute Gasteiger partial charge is 0.355 e. The molecule has 1 aromatic carbocycles. The molecule has 1 aliphatic carbocycles. The van der Waals surface area contributed by atoms with Gasteiger partial charge >= 0.3 is 0 Å². The smallest absolute Gasteiger partial charge is 0.128 e. The maximum atomic E-state index is 6.34. The molecule has 1 aromatic rings. The summed E-state index contributed by atoms with van der Waals surface area (Å²) in [7, 11) is 0. The molecule has 3 heteroatoms. The number of rotatable bonds is 3. The molecule has 2 aliphatic rings. The van der Waals surface area contributed by atoms with E-state index >= 15 is 0 Å². The van der Waals surface area contributed by atoms with Crippen LogP contribution >= 0.6 is 0 Å². The zero-order chi connectivity index (χ0) is 14.0. The van der Waals surface area contributed by atoms with Crippen LogP contribution in [0.5, 0.6) is 0 Å². The van der Waals surface area contributed by atoms with E-state index in [1.54, 1.807) is 0 Å². The van der Waals surface area contributed by atoms with Crippen molar-refractivity contribution in [3.63, 3.8) is 0 Å². The second kappa shape index (κ2) is 5.84. The van der Waals surface area contributed by atoms with E-state index in [1.807, 2.05) is 0 Å². The maximum Gasteiger partial charge on any atom is 0.128 e. The van der Waals surface area contributed by atoms with Crippen molar-refractivity contribution in [3.8, 4) is 0 Å². The van der Waals surface area contributed by atoms with Crippen LogP contribution in [0.1, 0.15) is 51.5 Å². The summed E-state index contributed by atoms with van der Waals surface area (Å²) < 4.78 is 6.34. The lowest BCUT2D eigenvalue weighted by atomic mass is 9.90. The zero-order valence-electron chi connectivity index (χ0n) is 12.6. The summed E-state index contributed by atoms with van der Waals surface area (Å²) in [6.07, 6.45) is 6.44. The number of nitrogens with zero attached hydrogens (tertiary/aromatic N) is 1. The number of benzene rings is 1. The summed E-state index contributed by atoms with van der Waals surface area (Å²) in [5.74, 6) is 0. The molecule has 1 heterocycles. The third-order valence-electron chi connectivity index (χ3n) is 4.73. The minimum absolute atomic E-state index is 0.215. The minimum Gasteiger partial charge on any atom is -0.355 e. The highest BCUT2D eigenvalue weighted by atomic mass is 16.5. The fraction of sp³-hybridized carbons (Fsp3) is 0.647. The van der Waals surface area contributed by atoms with Crippen LogP contribution < -0.4 is 5.43 Å². The molecule has 1 saturated carbocycles. The number of fused-ring (bicyclic) bond motifs is 1. The molecule has 1 saturated heterocycles. The quantitative estimate of drug-likeness (QED) is 0.913. The van der Waals surface area contributed by atoms with E-state index in [9.17, 15) is 0 Å². The highest BCUT2D eigenvalue weighted by Crippen LogP contribution is 2.33. The van der Waals surface area contributed by atoms with Crippen molar-refractivity contribution in [3.05, 3.63) is 35.9 Å². The van der Waals surface area contributed by atoms with Crippen molar-refractivity contribution < 1.29 is 4.74 Å². The van der Waals surface area contributed by atoms with E-state index < -0.39 is 0 Å². The van der Waals surface area contributed by atoms with Crippen LogP contribution in [0.3, 0.4) is 0 Å². The Morgan fingerprint density at radius 1 is 1.25 bits per heavy atom. The summed E-state index contributed by atoms with van der Waals surface area (Å²) >= 11 is 0. The molecule has 0 radical (unpaired) electrons. The number of nitrogens with one attached hydrogen (secondary N) is 1. The van der Waals surface area contributed by atoms with Gasteiger partial charge in [-0.25, -0.2) is 10.4 Å². The molecule has 0 aromatic heterocycles. The van der Waals surface area contributed by atoms with Gasteiger partial charge in [0.1, 0.15) is 5.72 Å². The number of hydrogen-bond donors (Lipinski definition) is 1. The van der Waals surface area contributed by atoms with Gasteiger partial charge < -0.3 is 4.74 Å². The van der Waals surface area contributed by atoms with Gasteiger partial charge in [-0.1, -0.05) is 50.1 Å². The van der Waals surface area contributed by atoms with Gasteiger partial charge in [0.05, 0.1) is 12.1 Å². The first-order chi connectivity index (χ1) is 9.70. The van der Waals surface area contributed by atoms with E-state index in [0.717, 1.165) is 13.0 Å². The molecule has 1 aliphatic heterocycles. The molecule has 0 spiro atoms. The highest BCUT2D eigenvalue weighted by Gasteiger charge is 2.42. The Kier molecular flexibility index (Phi) is 4.11. The molecule has 3 rings (SSSR count). The fourth-order valence-corrected chi connectivity index (χ4v) is 3.42. The fourth-order valence-electron chi connectivity index (χ4n) is 3.42. The molecular formula is C17H26N2O. The average molecular weight is 274 g/mol. The number of ether oxygens (including phenoxy) is 1. The lowest BCUT2D eigenvalue weighted by Gasteiger charge is -2.52. The van der Waals surface area contributed by atoms with Gasteiger partial charge in [0.2, 0.25) is 0 Å². The second-order valence-corrected chi connectivity index (χ2v) is 6.32. The molecular weight excluding hydrogens is 248 g/mol. The van der Waals surface area contributed by atoms with Crippen LogP contribution in [0.4, 0.5) is 0 Å². The van der Waals surface area contributed by atoms with Crippen LogP contribution in [0.2, 0.25) is 0 Å². The van der Waals surface area contributed by atoms with Crippen LogP contribution in [-0.2, 0) is 11.3 Å². The Hall–Kier alpha value is -0.900. The lowest BCUT2D eigenvalue weighted by molar-refractivity contribution is -0.231. The summed E-state index contributed by atoms with van der Waals surface area (Å²) in [5, 5.41) is 2.44. The summed E-state index contributed by atoms with van der Waals surface area (Å²) in [4.78, 5) is 0. The van der Waals surface area contributed by atoms with Crippen molar-refractivity contribution in [1.82, 2.24) is 10.4 Å². The number of hydrogen-bond acceptors (Lipinski definition) is 3. The molecule has 3 atom stereocenters. The van der Waals surface area contributed by atoms with E-state index in [4.69, 9.17) is 4.74 Å². The monoisotopic (exact) mass is 274 g/mol. The van der Waals surface area contributed by atoms with Gasteiger partial charge in [-0.15, -0.1) is 0 Å². The third kappa shape index (κ3) is 2.90. The van der Waals surface area contributed by atoms with Crippen molar-refractivity contribution in [2.75, 3.05) is 0 Å². The molecule has 1 N–H and O–H groups in total. The third-order valence-corrected chi connectivity index (χ3v) is 4.73. The van der Waals surface area contributed by atoms with Crippen molar-refractivity contribution in [2.24, 2.45) is 0 Å². The summed E-state index contributed by atoms with van der Waals surface area (Å²) in [5.41, 5.74) is 4.79. The molecule has 2 fully saturated rings. The lowest BCUT2D eigenvalue weighted by Crippen LogP contribution is -2.67. The average Bonchev–Trinajstić information content (AvgIpc) is 2.48. The summed E-state index contributed by atoms with van der Waals surface area (Å²) in [6.45, 7) is 5.33. The molecule has 0 amide bonds. The maximum absolute atomic E-state index is 6.34. The first kappa shape index (κ1) is 14.1. The van der Waals surface area contributed by atoms with Crippen LogP contribution in [0.25, 0.3) is 0 Å². The Morgan fingerprint density at radius 3 is 2.75 bits per heavy atom. The van der Waals surface area contributed by atoms with Gasteiger partial charge in [0, 0.05) is 6.54 Å². The molecule has 3 nitrogen and oxygen atoms in total. The van der Waals surface area contributed by atoms with Gasteiger partial charge in [0.25, 0.3) is 0 Å². The van der Waals surface area contributed by atoms with Gasteiger partial charge in [-0.3, -0.25) is 0 Å². The Morgan fingerprint density at radius 2 is 2.00 bits per heavy atom. The zero-order valence-corrected chi connectivity index (χ0v) is 12.6. The number of hydrazine groups is 1. The normalized spacial score (nSPS) is 34.7. The van der Waals surface area contributed by atoms with E-state index in [2.05, 4.69) is 54.6 Å². The first-order valence-corrected chi connectivity index (χ1v) is 7.96. The van der Waals surface area contributed by atoms with Gasteiger partial charge in [-0.2, -0.15) is 0 Å². The minimum atomic E-state index is -0.215. The van der Waals surface area contributed by atoms with E-state index in [0.29, 0.717) is 12.1 Å². The van der Waals surface area contributed by atoms with E-state index in [-0.39, 0.29) is 5.72 Å². The predicted octanol–water partition coefficient (Wildman–Crippen LogP) is 3.46. The standard InChI is InChI=1S/C17H26N2O/c1-3-17(2)18-19(13-14-9-5-4-6-10-14)15-11-7-8-12-16(15)20-17/h4-6,9-10,15-16,18H,3,7-8,11-13H2,1-2H3/t15-,16-,17?/m1/s1. The van der Waals surface area contributed by atoms with Crippen LogP contribution in [0.15, 0.2) is 30.3 Å². The van der Waals surface area contributed by atoms with Crippen molar-refractivity contribution >= 4 is 0 Å². The van der Waals surface area contributed by atoms with Gasteiger partial charge in [-0.05, 0) is 31.7 Å². The molecule has 1 unspecified atom stereocenters. The highest BCUT2D eigenvalue weighted by molar-refractivity contribution is 5.14. The van der Waals surface area contributed by atoms with E-state index in [1.165, 1.54) is 31.2 Å². The molecule has 20 heavy (non-hydrogen) atoms. The molecule has 0 bridgehead atoms. The Bertz CT molecular complexity index is 436. The van der Waals surface area contributed by atoms with Crippen LogP contribution in [-0.4, -0.2) is 22.9 Å².